The Hall–Kier alpha value is -1.36. The summed E-state index contributed by atoms with van der Waals surface area (Å²) in [6, 6.07) is 0. The number of amides is 1. The van der Waals surface area contributed by atoms with E-state index in [4.69, 9.17) is 0 Å². The van der Waals surface area contributed by atoms with Crippen molar-refractivity contribution in [3.8, 4) is 0 Å². The van der Waals surface area contributed by atoms with Gasteiger partial charge in [0.05, 0.1) is 11.3 Å². The molecule has 5 nitrogen and oxygen atoms in total. The number of carbonyl (C=O) groups is 1. The minimum absolute atomic E-state index is 0.127. The van der Waals surface area contributed by atoms with Gasteiger partial charge >= 0.3 is 0 Å². The summed E-state index contributed by atoms with van der Waals surface area (Å²) in [5, 5.41) is 10.2. The fourth-order valence-electron chi connectivity index (χ4n) is 2.65. The normalized spacial score (nSPS) is 17.2. The number of nitrogens with one attached hydrogen (secondary N) is 2. The molecule has 1 amide bonds. The molecule has 0 unspecified atom stereocenters. The fourth-order valence-corrected chi connectivity index (χ4v) is 2.65. The number of likely N-dealkylation sites (tertiary alicyclic amines) is 1. The number of nitrogens with zero attached hydrogens (tertiary/aromatic N) is 2. The number of H-pyrrole nitrogens is 1. The average molecular weight is 250 g/mol. The number of piperidine rings is 1. The van der Waals surface area contributed by atoms with Crippen molar-refractivity contribution in [1.29, 1.82) is 0 Å². The third-order valence-electron chi connectivity index (χ3n) is 3.74. The van der Waals surface area contributed by atoms with E-state index in [2.05, 4.69) is 15.5 Å². The van der Waals surface area contributed by atoms with E-state index in [-0.39, 0.29) is 5.91 Å². The van der Waals surface area contributed by atoms with E-state index in [1.807, 2.05) is 25.8 Å². The Balaban J connectivity index is 2.00. The Morgan fingerprint density at radius 1 is 1.44 bits per heavy atom. The molecule has 1 aromatic rings. The van der Waals surface area contributed by atoms with Crippen LogP contribution in [0.5, 0.6) is 0 Å². The lowest BCUT2D eigenvalue weighted by molar-refractivity contribution is 0.0689. The Bertz CT molecular complexity index is 399. The second-order valence-electron chi connectivity index (χ2n) is 5.10. The van der Waals surface area contributed by atoms with Crippen LogP contribution < -0.4 is 5.32 Å². The van der Waals surface area contributed by atoms with E-state index in [0.29, 0.717) is 5.92 Å². The molecule has 5 heteroatoms. The second kappa shape index (κ2) is 5.52. The molecule has 2 N–H and O–H groups in total. The van der Waals surface area contributed by atoms with Crippen LogP contribution in [-0.4, -0.2) is 47.7 Å². The van der Waals surface area contributed by atoms with Gasteiger partial charge in [0.15, 0.2) is 0 Å². The highest BCUT2D eigenvalue weighted by Gasteiger charge is 2.26. The van der Waals surface area contributed by atoms with E-state index in [9.17, 15) is 4.79 Å². The van der Waals surface area contributed by atoms with Crippen LogP contribution >= 0.6 is 0 Å². The number of aromatic amines is 1. The summed E-state index contributed by atoms with van der Waals surface area (Å²) in [5.74, 6) is 0.826. The van der Waals surface area contributed by atoms with Crippen LogP contribution in [0.2, 0.25) is 0 Å². The largest absolute Gasteiger partial charge is 0.339 e. The maximum Gasteiger partial charge on any atom is 0.257 e. The molecule has 0 aromatic carbocycles. The minimum atomic E-state index is 0.127. The first-order chi connectivity index (χ1) is 8.63. The maximum absolute atomic E-state index is 12.4. The van der Waals surface area contributed by atoms with Gasteiger partial charge in [-0.1, -0.05) is 0 Å². The van der Waals surface area contributed by atoms with Crippen LogP contribution in [0.15, 0.2) is 0 Å². The zero-order valence-electron chi connectivity index (χ0n) is 11.4. The summed E-state index contributed by atoms with van der Waals surface area (Å²) in [6.45, 7) is 6.54. The molecule has 0 bridgehead atoms. The molecule has 1 aliphatic rings. The van der Waals surface area contributed by atoms with Crippen LogP contribution in [0.1, 0.15) is 34.6 Å². The Labute approximate surface area is 108 Å². The first-order valence-electron chi connectivity index (χ1n) is 6.59. The molecule has 1 aliphatic heterocycles. The molecule has 18 heavy (non-hydrogen) atoms. The summed E-state index contributed by atoms with van der Waals surface area (Å²) < 4.78 is 0. The van der Waals surface area contributed by atoms with E-state index in [0.717, 1.165) is 49.4 Å². The van der Waals surface area contributed by atoms with Crippen LogP contribution in [0.3, 0.4) is 0 Å². The van der Waals surface area contributed by atoms with Crippen molar-refractivity contribution in [2.24, 2.45) is 5.92 Å². The predicted octanol–water partition coefficient (Wildman–Crippen LogP) is 1.10. The van der Waals surface area contributed by atoms with Crippen molar-refractivity contribution in [1.82, 2.24) is 20.4 Å². The highest BCUT2D eigenvalue weighted by Crippen LogP contribution is 2.20. The lowest BCUT2D eigenvalue weighted by Gasteiger charge is -2.32. The van der Waals surface area contributed by atoms with Gasteiger partial charge < -0.3 is 10.2 Å². The van der Waals surface area contributed by atoms with Gasteiger partial charge in [-0.05, 0) is 46.2 Å². The molecular formula is C13H22N4O. The van der Waals surface area contributed by atoms with Crippen molar-refractivity contribution in [3.05, 3.63) is 17.0 Å². The summed E-state index contributed by atoms with van der Waals surface area (Å²) in [7, 11) is 1.98. The van der Waals surface area contributed by atoms with Gasteiger partial charge in [0.1, 0.15) is 0 Å². The van der Waals surface area contributed by atoms with E-state index >= 15 is 0 Å². The molecule has 0 aliphatic carbocycles. The van der Waals surface area contributed by atoms with Crippen molar-refractivity contribution < 1.29 is 4.79 Å². The third kappa shape index (κ3) is 2.56. The van der Waals surface area contributed by atoms with Crippen molar-refractivity contribution in [3.63, 3.8) is 0 Å². The molecule has 2 rings (SSSR count). The van der Waals surface area contributed by atoms with Gasteiger partial charge in [-0.2, -0.15) is 5.10 Å². The van der Waals surface area contributed by atoms with Gasteiger partial charge in [-0.15, -0.1) is 0 Å². The summed E-state index contributed by atoms with van der Waals surface area (Å²) in [4.78, 5) is 14.4. The van der Waals surface area contributed by atoms with E-state index in [1.165, 1.54) is 0 Å². The highest BCUT2D eigenvalue weighted by molar-refractivity contribution is 5.96. The number of hydrogen-bond donors (Lipinski definition) is 2. The quantitative estimate of drug-likeness (QED) is 0.844. The van der Waals surface area contributed by atoms with Crippen LogP contribution in [0.25, 0.3) is 0 Å². The lowest BCUT2D eigenvalue weighted by atomic mass is 9.96. The number of aromatic nitrogens is 2. The van der Waals surface area contributed by atoms with Crippen molar-refractivity contribution in [2.75, 3.05) is 26.7 Å². The first kappa shape index (κ1) is 13.1. The Kier molecular flexibility index (Phi) is 4.01. The molecule has 0 atom stereocenters. The Morgan fingerprint density at radius 2 is 2.11 bits per heavy atom. The molecule has 1 aromatic heterocycles. The van der Waals surface area contributed by atoms with E-state index in [1.54, 1.807) is 0 Å². The molecule has 0 spiro atoms. The SMILES string of the molecule is CNCC1CCN(C(=O)c2c(C)n[nH]c2C)CC1. The predicted molar refractivity (Wildman–Crippen MR) is 70.6 cm³/mol. The average Bonchev–Trinajstić information content (AvgIpc) is 2.70. The molecule has 100 valence electrons. The van der Waals surface area contributed by atoms with Gasteiger partial charge in [0.2, 0.25) is 0 Å². The standard InChI is InChI=1S/C13H22N4O/c1-9-12(10(2)16-15-9)13(18)17-6-4-11(5-7-17)8-14-3/h11,14H,4-8H2,1-3H3,(H,15,16). The van der Waals surface area contributed by atoms with Crippen molar-refractivity contribution >= 4 is 5.91 Å². The van der Waals surface area contributed by atoms with Gasteiger partial charge in [0, 0.05) is 18.8 Å². The van der Waals surface area contributed by atoms with Gasteiger partial charge in [0.25, 0.3) is 5.91 Å². The smallest absolute Gasteiger partial charge is 0.257 e. The topological polar surface area (TPSA) is 61.0 Å². The molecule has 1 fully saturated rings. The minimum Gasteiger partial charge on any atom is -0.339 e. The van der Waals surface area contributed by atoms with Crippen LogP contribution in [0.4, 0.5) is 0 Å². The molecule has 1 saturated heterocycles. The molecule has 0 saturated carbocycles. The molecule has 0 radical (unpaired) electrons. The molecule has 2 heterocycles. The number of hydrogen-bond acceptors (Lipinski definition) is 3. The number of rotatable bonds is 3. The van der Waals surface area contributed by atoms with Gasteiger partial charge in [-0.25, -0.2) is 0 Å². The second-order valence-corrected chi connectivity index (χ2v) is 5.10. The van der Waals surface area contributed by atoms with Crippen LogP contribution in [-0.2, 0) is 0 Å². The zero-order chi connectivity index (χ0) is 13.1. The van der Waals surface area contributed by atoms with Crippen LogP contribution in [0, 0.1) is 19.8 Å². The maximum atomic E-state index is 12.4. The highest BCUT2D eigenvalue weighted by atomic mass is 16.2. The fraction of sp³-hybridized carbons (Fsp3) is 0.692. The summed E-state index contributed by atoms with van der Waals surface area (Å²) in [6.07, 6.45) is 2.17. The number of carbonyl (C=O) groups excluding carboxylic acids is 1. The van der Waals surface area contributed by atoms with E-state index < -0.39 is 0 Å². The number of aryl methyl sites for hydroxylation is 2. The lowest BCUT2D eigenvalue weighted by Crippen LogP contribution is -2.40. The summed E-state index contributed by atoms with van der Waals surface area (Å²) >= 11 is 0. The zero-order valence-corrected chi connectivity index (χ0v) is 11.4. The van der Waals surface area contributed by atoms with Crippen molar-refractivity contribution in [2.45, 2.75) is 26.7 Å². The third-order valence-corrected chi connectivity index (χ3v) is 3.74. The molecular weight excluding hydrogens is 228 g/mol. The first-order valence-corrected chi connectivity index (χ1v) is 6.59. The Morgan fingerprint density at radius 3 is 2.61 bits per heavy atom. The monoisotopic (exact) mass is 250 g/mol. The summed E-state index contributed by atoms with van der Waals surface area (Å²) in [5.41, 5.74) is 2.42. The van der Waals surface area contributed by atoms with Gasteiger partial charge in [-0.3, -0.25) is 9.89 Å².